The molecule has 0 radical (unpaired) electrons. The summed E-state index contributed by atoms with van der Waals surface area (Å²) in [5.41, 5.74) is -1.66. The molecule has 0 aromatic heterocycles. The topological polar surface area (TPSA) is 49.7 Å². The van der Waals surface area contributed by atoms with Crippen LogP contribution in [0.2, 0.25) is 0 Å². The van der Waals surface area contributed by atoms with Gasteiger partial charge in [-0.25, -0.2) is 0 Å². The lowest BCUT2D eigenvalue weighted by molar-refractivity contribution is 0.102. The van der Waals surface area contributed by atoms with Crippen LogP contribution in [0, 0.1) is 0 Å². The molecule has 0 aliphatic heterocycles. The second kappa shape index (κ2) is 5.93. The Kier molecular flexibility index (Phi) is 5.61. The largest absolute Gasteiger partial charge is 0.473 e. The first-order valence-corrected chi connectivity index (χ1v) is 5.28. The maximum atomic E-state index is 9.59. The zero-order chi connectivity index (χ0) is 11.9. The Morgan fingerprint density at radius 1 is 0.933 bits per heavy atom. The molecule has 3 heteroatoms. The number of hydrogen-bond acceptors (Lipinski definition) is 3. The van der Waals surface area contributed by atoms with Crippen molar-refractivity contribution in [3.63, 3.8) is 0 Å². The van der Waals surface area contributed by atoms with Crippen molar-refractivity contribution < 1.29 is 14.9 Å². The first-order valence-electron chi connectivity index (χ1n) is 5.28. The van der Waals surface area contributed by atoms with Crippen LogP contribution in [-0.2, 0) is 4.74 Å². The van der Waals surface area contributed by atoms with Gasteiger partial charge in [-0.05, 0) is 38.8 Å². The molecule has 0 amide bonds. The second-order valence-corrected chi connectivity index (χ2v) is 4.16. The van der Waals surface area contributed by atoms with Gasteiger partial charge in [0.1, 0.15) is 0 Å². The summed E-state index contributed by atoms with van der Waals surface area (Å²) in [6, 6.07) is 0. The van der Waals surface area contributed by atoms with Crippen LogP contribution in [0.4, 0.5) is 0 Å². The normalized spacial score (nSPS) is 20.4. The third-order valence-electron chi connectivity index (χ3n) is 2.44. The molecule has 0 rings (SSSR count). The summed E-state index contributed by atoms with van der Waals surface area (Å²) in [6.45, 7) is 7.20. The molecule has 2 N–H and O–H groups in total. The van der Waals surface area contributed by atoms with E-state index in [2.05, 4.69) is 0 Å². The van der Waals surface area contributed by atoms with E-state index in [0.717, 1.165) is 0 Å². The highest BCUT2D eigenvalue weighted by molar-refractivity contribution is 4.97. The third-order valence-corrected chi connectivity index (χ3v) is 2.44. The van der Waals surface area contributed by atoms with Crippen LogP contribution >= 0.6 is 0 Å². The van der Waals surface area contributed by atoms with Gasteiger partial charge in [-0.2, -0.15) is 0 Å². The Balaban J connectivity index is 3.99. The van der Waals surface area contributed by atoms with Gasteiger partial charge in [0.05, 0.1) is 23.7 Å². The van der Waals surface area contributed by atoms with Gasteiger partial charge in [0.2, 0.25) is 0 Å². The molecule has 2 atom stereocenters. The predicted octanol–water partition coefficient (Wildman–Crippen LogP) is 2.35. The van der Waals surface area contributed by atoms with Crippen LogP contribution < -0.4 is 0 Å². The lowest BCUT2D eigenvalue weighted by atomic mass is 10.0. The van der Waals surface area contributed by atoms with Crippen molar-refractivity contribution in [3.8, 4) is 0 Å². The van der Waals surface area contributed by atoms with Gasteiger partial charge < -0.3 is 14.9 Å². The minimum atomic E-state index is -0.832. The summed E-state index contributed by atoms with van der Waals surface area (Å²) < 4.78 is 5.03. The highest BCUT2D eigenvalue weighted by Crippen LogP contribution is 2.11. The lowest BCUT2D eigenvalue weighted by Gasteiger charge is -2.16. The van der Waals surface area contributed by atoms with Crippen LogP contribution in [0.3, 0.4) is 0 Å². The van der Waals surface area contributed by atoms with Gasteiger partial charge >= 0.3 is 0 Å². The van der Waals surface area contributed by atoms with Crippen LogP contribution in [0.5, 0.6) is 0 Å². The van der Waals surface area contributed by atoms with E-state index in [1.807, 2.05) is 13.8 Å². The maximum absolute atomic E-state index is 9.59. The van der Waals surface area contributed by atoms with E-state index in [0.29, 0.717) is 12.8 Å². The molecule has 0 aliphatic rings. The van der Waals surface area contributed by atoms with Crippen LogP contribution in [0.1, 0.15) is 40.5 Å². The van der Waals surface area contributed by atoms with E-state index in [1.54, 1.807) is 26.0 Å². The van der Waals surface area contributed by atoms with Gasteiger partial charge in [0.25, 0.3) is 0 Å². The zero-order valence-corrected chi connectivity index (χ0v) is 10.0. The van der Waals surface area contributed by atoms with Crippen LogP contribution in [0.25, 0.3) is 0 Å². The van der Waals surface area contributed by atoms with E-state index in [4.69, 9.17) is 4.74 Å². The van der Waals surface area contributed by atoms with Crippen molar-refractivity contribution in [2.45, 2.75) is 51.7 Å². The molecule has 88 valence electrons. The highest BCUT2D eigenvalue weighted by Gasteiger charge is 2.13. The smallest absolute Gasteiger partial charge is 0.0889 e. The molecule has 0 aromatic rings. The van der Waals surface area contributed by atoms with E-state index in [-0.39, 0.29) is 0 Å². The maximum Gasteiger partial charge on any atom is 0.0889 e. The lowest BCUT2D eigenvalue weighted by Crippen LogP contribution is -2.19. The van der Waals surface area contributed by atoms with Crippen molar-refractivity contribution in [2.75, 3.05) is 0 Å². The van der Waals surface area contributed by atoms with Crippen molar-refractivity contribution in [1.82, 2.24) is 0 Å². The Morgan fingerprint density at radius 3 is 1.53 bits per heavy atom. The fourth-order valence-electron chi connectivity index (χ4n) is 0.653. The highest BCUT2D eigenvalue weighted by atomic mass is 16.5. The Morgan fingerprint density at radius 2 is 1.27 bits per heavy atom. The number of aliphatic hydroxyl groups is 2. The molecule has 0 bridgehead atoms. The van der Waals surface area contributed by atoms with Crippen molar-refractivity contribution in [2.24, 2.45) is 0 Å². The quantitative estimate of drug-likeness (QED) is 0.667. The van der Waals surface area contributed by atoms with E-state index in [1.165, 1.54) is 12.5 Å². The summed E-state index contributed by atoms with van der Waals surface area (Å²) in [5, 5.41) is 19.2. The second-order valence-electron chi connectivity index (χ2n) is 4.16. The predicted molar refractivity (Wildman–Crippen MR) is 61.2 cm³/mol. The first-order chi connectivity index (χ1) is 6.83. The Bertz CT molecular complexity index is 203. The Labute approximate surface area is 92.1 Å². The molecule has 0 heterocycles. The van der Waals surface area contributed by atoms with Gasteiger partial charge in [-0.15, -0.1) is 0 Å². The van der Waals surface area contributed by atoms with Crippen molar-refractivity contribution in [1.29, 1.82) is 0 Å². The average Bonchev–Trinajstić information content (AvgIpc) is 2.17. The molecule has 2 unspecified atom stereocenters. The molecule has 0 fully saturated rings. The van der Waals surface area contributed by atoms with Gasteiger partial charge in [0.15, 0.2) is 0 Å². The number of hydrogen-bond donors (Lipinski definition) is 2. The third kappa shape index (κ3) is 7.17. The fourth-order valence-corrected chi connectivity index (χ4v) is 0.653. The van der Waals surface area contributed by atoms with E-state index < -0.39 is 11.2 Å². The van der Waals surface area contributed by atoms with Gasteiger partial charge in [-0.1, -0.05) is 13.8 Å². The fraction of sp³-hybridized carbons (Fsp3) is 0.667. The molecule has 15 heavy (non-hydrogen) atoms. The Hall–Kier alpha value is -0.800. The minimum Gasteiger partial charge on any atom is -0.473 e. The van der Waals surface area contributed by atoms with Crippen molar-refractivity contribution >= 4 is 0 Å². The summed E-state index contributed by atoms with van der Waals surface area (Å²) in [6.07, 6.45) is 7.26. The number of ether oxygens (including phenoxy) is 1. The van der Waals surface area contributed by atoms with Gasteiger partial charge in [0, 0.05) is 0 Å². The molecular formula is C12H22O3. The molecule has 0 spiro atoms. The summed E-state index contributed by atoms with van der Waals surface area (Å²) in [7, 11) is 0. The molecule has 0 saturated carbocycles. The standard InChI is InChI=1S/C12H22O3/c1-5-11(3,13)7-9-15-10-8-12(4,14)6-2/h7-10,13-14H,5-6H2,1-4H3/b9-7+,10-8+. The van der Waals surface area contributed by atoms with E-state index in [9.17, 15) is 10.2 Å². The molecule has 0 aromatic carbocycles. The summed E-state index contributed by atoms with van der Waals surface area (Å²) in [5.74, 6) is 0. The van der Waals surface area contributed by atoms with Gasteiger partial charge in [-0.3, -0.25) is 0 Å². The summed E-state index contributed by atoms with van der Waals surface area (Å²) in [4.78, 5) is 0. The molecule has 3 nitrogen and oxygen atoms in total. The molecule has 0 saturated heterocycles. The molecule has 0 aliphatic carbocycles. The monoisotopic (exact) mass is 214 g/mol. The average molecular weight is 214 g/mol. The van der Waals surface area contributed by atoms with Crippen LogP contribution in [0.15, 0.2) is 24.7 Å². The van der Waals surface area contributed by atoms with E-state index >= 15 is 0 Å². The SMILES string of the molecule is CCC(C)(O)/C=C/O/C=C/C(C)(O)CC. The van der Waals surface area contributed by atoms with Crippen LogP contribution in [-0.4, -0.2) is 21.4 Å². The minimum absolute atomic E-state index is 0.628. The van der Waals surface area contributed by atoms with Crippen molar-refractivity contribution in [3.05, 3.63) is 24.7 Å². The number of rotatable bonds is 6. The first kappa shape index (κ1) is 14.2. The molecular weight excluding hydrogens is 192 g/mol. The zero-order valence-electron chi connectivity index (χ0n) is 10.0. The summed E-state index contributed by atoms with van der Waals surface area (Å²) >= 11 is 0.